The summed E-state index contributed by atoms with van der Waals surface area (Å²) in [5.74, 6) is 0.101. The molecular weight excluding hydrogens is 206 g/mol. The highest BCUT2D eigenvalue weighted by Crippen LogP contribution is 2.27. The summed E-state index contributed by atoms with van der Waals surface area (Å²) in [6.07, 6.45) is -1.49. The molecule has 1 rings (SSSR count). The minimum atomic E-state index is -2.76. The predicted molar refractivity (Wildman–Crippen MR) is 49.0 cm³/mol. The number of carbonyl (C=O) groups excluding carboxylic acids is 1. The van der Waals surface area contributed by atoms with E-state index in [1.165, 1.54) is 7.11 Å². The second kappa shape index (κ2) is 4.79. The Balaban J connectivity index is 3.40. The maximum absolute atomic E-state index is 12.5. The molecule has 0 aliphatic heterocycles. The van der Waals surface area contributed by atoms with Gasteiger partial charge in [0.1, 0.15) is 0 Å². The minimum absolute atomic E-state index is 0.0786. The molecule has 0 atom stereocenters. The highest BCUT2D eigenvalue weighted by molar-refractivity contribution is 5.80. The van der Waals surface area contributed by atoms with E-state index >= 15 is 0 Å². The molecule has 0 unspecified atom stereocenters. The fourth-order valence-corrected chi connectivity index (χ4v) is 1.25. The molecule has 0 spiro atoms. The van der Waals surface area contributed by atoms with Crippen molar-refractivity contribution in [3.05, 3.63) is 22.9 Å². The number of nitrogens with zero attached hydrogens (tertiary/aromatic N) is 1. The van der Waals surface area contributed by atoms with E-state index in [1.54, 1.807) is 0 Å². The highest BCUT2D eigenvalue weighted by atomic mass is 19.3. The van der Waals surface area contributed by atoms with Crippen molar-refractivity contribution < 1.29 is 18.3 Å². The third-order valence-electron chi connectivity index (χ3n) is 1.97. The number of halogens is 2. The lowest BCUT2D eigenvalue weighted by Gasteiger charge is -2.11. The molecule has 0 saturated heterocycles. The second-order valence-electron chi connectivity index (χ2n) is 2.74. The van der Waals surface area contributed by atoms with Crippen LogP contribution in [0, 0.1) is 0 Å². The molecule has 0 amide bonds. The van der Waals surface area contributed by atoms with Gasteiger partial charge >= 0.3 is 0 Å². The predicted octanol–water partition coefficient (Wildman–Crippen LogP) is 1.30. The minimum Gasteiger partial charge on any atom is -0.481 e. The van der Waals surface area contributed by atoms with E-state index in [2.05, 4.69) is 4.98 Å². The zero-order valence-corrected chi connectivity index (χ0v) is 8.04. The standard InChI is InChI=1S/C9H10F2N2O2/c1-15-9-5(2-12)7(4-14)6(3-13-9)8(10)11/h3-4,8H,2,12H2,1H3. The molecule has 0 aliphatic rings. The van der Waals surface area contributed by atoms with Crippen LogP contribution >= 0.6 is 0 Å². The van der Waals surface area contributed by atoms with E-state index in [0.29, 0.717) is 6.29 Å². The van der Waals surface area contributed by atoms with Gasteiger partial charge in [-0.15, -0.1) is 0 Å². The largest absolute Gasteiger partial charge is 0.481 e. The van der Waals surface area contributed by atoms with Crippen molar-refractivity contribution in [1.82, 2.24) is 4.98 Å². The number of hydrogen-bond donors (Lipinski definition) is 1. The van der Waals surface area contributed by atoms with Crippen LogP contribution in [-0.4, -0.2) is 18.4 Å². The van der Waals surface area contributed by atoms with E-state index in [4.69, 9.17) is 10.5 Å². The lowest BCUT2D eigenvalue weighted by Crippen LogP contribution is -2.09. The van der Waals surface area contributed by atoms with Gasteiger partial charge in [-0.1, -0.05) is 0 Å². The van der Waals surface area contributed by atoms with Crippen LogP contribution in [0.5, 0.6) is 5.88 Å². The Morgan fingerprint density at radius 1 is 1.67 bits per heavy atom. The summed E-state index contributed by atoms with van der Waals surface area (Å²) in [5.41, 5.74) is 4.98. The molecular formula is C9H10F2N2O2. The first-order chi connectivity index (χ1) is 7.15. The molecule has 0 fully saturated rings. The third kappa shape index (κ3) is 2.10. The summed E-state index contributed by atoms with van der Waals surface area (Å²) in [5, 5.41) is 0. The number of carbonyl (C=O) groups is 1. The third-order valence-corrected chi connectivity index (χ3v) is 1.97. The number of alkyl halides is 2. The lowest BCUT2D eigenvalue weighted by atomic mass is 10.1. The fourth-order valence-electron chi connectivity index (χ4n) is 1.25. The van der Waals surface area contributed by atoms with Crippen molar-refractivity contribution in [2.45, 2.75) is 13.0 Å². The number of aromatic nitrogens is 1. The molecule has 0 radical (unpaired) electrons. The smallest absolute Gasteiger partial charge is 0.266 e. The zero-order valence-electron chi connectivity index (χ0n) is 8.04. The van der Waals surface area contributed by atoms with Gasteiger partial charge in [-0.05, 0) is 0 Å². The van der Waals surface area contributed by atoms with Crippen molar-refractivity contribution in [3.8, 4) is 5.88 Å². The molecule has 0 bridgehead atoms. The SMILES string of the molecule is COc1ncc(C(F)F)c(C=O)c1CN. The van der Waals surface area contributed by atoms with E-state index in [0.717, 1.165) is 6.20 Å². The number of ether oxygens (including phenoxy) is 1. The van der Waals surface area contributed by atoms with Gasteiger partial charge in [0.2, 0.25) is 5.88 Å². The summed E-state index contributed by atoms with van der Waals surface area (Å²) in [6.45, 7) is -0.0786. The van der Waals surface area contributed by atoms with Crippen LogP contribution in [0.2, 0.25) is 0 Å². The molecule has 6 heteroatoms. The van der Waals surface area contributed by atoms with Crippen LogP contribution < -0.4 is 10.5 Å². The fraction of sp³-hybridized carbons (Fsp3) is 0.333. The normalized spacial score (nSPS) is 10.5. The molecule has 4 nitrogen and oxygen atoms in total. The van der Waals surface area contributed by atoms with Gasteiger partial charge in [-0.25, -0.2) is 13.8 Å². The van der Waals surface area contributed by atoms with Crippen molar-refractivity contribution in [2.75, 3.05) is 7.11 Å². The first kappa shape index (κ1) is 11.5. The van der Waals surface area contributed by atoms with E-state index in [9.17, 15) is 13.6 Å². The van der Waals surface area contributed by atoms with Gasteiger partial charge in [0.15, 0.2) is 6.29 Å². The quantitative estimate of drug-likeness (QED) is 0.770. The molecule has 0 aliphatic carbocycles. The van der Waals surface area contributed by atoms with Crippen LogP contribution in [0.1, 0.15) is 27.9 Å². The summed E-state index contributed by atoms with van der Waals surface area (Å²) in [6, 6.07) is 0. The van der Waals surface area contributed by atoms with E-state index in [-0.39, 0.29) is 23.6 Å². The number of pyridine rings is 1. The highest BCUT2D eigenvalue weighted by Gasteiger charge is 2.19. The van der Waals surface area contributed by atoms with Crippen LogP contribution in [-0.2, 0) is 6.54 Å². The van der Waals surface area contributed by atoms with Crippen molar-refractivity contribution in [3.63, 3.8) is 0 Å². The van der Waals surface area contributed by atoms with Gasteiger partial charge in [-0.2, -0.15) is 0 Å². The van der Waals surface area contributed by atoms with Gasteiger partial charge in [0.25, 0.3) is 6.43 Å². The molecule has 1 aromatic heterocycles. The molecule has 15 heavy (non-hydrogen) atoms. The van der Waals surface area contributed by atoms with Crippen LogP contribution in [0.4, 0.5) is 8.78 Å². The number of aldehydes is 1. The van der Waals surface area contributed by atoms with Crippen LogP contribution in [0.25, 0.3) is 0 Å². The molecule has 0 saturated carbocycles. The maximum atomic E-state index is 12.5. The molecule has 1 aromatic rings. The van der Waals surface area contributed by atoms with Crippen LogP contribution in [0.15, 0.2) is 6.20 Å². The van der Waals surface area contributed by atoms with E-state index < -0.39 is 12.0 Å². The Morgan fingerprint density at radius 3 is 2.73 bits per heavy atom. The Hall–Kier alpha value is -1.56. The van der Waals surface area contributed by atoms with E-state index in [1.807, 2.05) is 0 Å². The monoisotopic (exact) mass is 216 g/mol. The number of rotatable bonds is 4. The molecule has 2 N–H and O–H groups in total. The van der Waals surface area contributed by atoms with Crippen molar-refractivity contribution in [2.24, 2.45) is 5.73 Å². The Bertz CT molecular complexity index is 369. The number of methoxy groups -OCH3 is 1. The average Bonchev–Trinajstić information content (AvgIpc) is 2.26. The summed E-state index contributed by atoms with van der Waals surface area (Å²) in [7, 11) is 1.33. The number of hydrogen-bond acceptors (Lipinski definition) is 4. The molecule has 0 aromatic carbocycles. The first-order valence-electron chi connectivity index (χ1n) is 4.14. The molecule has 1 heterocycles. The second-order valence-corrected chi connectivity index (χ2v) is 2.74. The summed E-state index contributed by atoms with van der Waals surface area (Å²) >= 11 is 0. The molecule has 82 valence electrons. The Kier molecular flexibility index (Phi) is 3.68. The van der Waals surface area contributed by atoms with Crippen molar-refractivity contribution >= 4 is 6.29 Å². The van der Waals surface area contributed by atoms with Crippen molar-refractivity contribution in [1.29, 1.82) is 0 Å². The number of nitrogens with two attached hydrogens (primary N) is 1. The summed E-state index contributed by atoms with van der Waals surface area (Å²) in [4.78, 5) is 14.4. The van der Waals surface area contributed by atoms with Crippen LogP contribution in [0.3, 0.4) is 0 Å². The topological polar surface area (TPSA) is 65.2 Å². The average molecular weight is 216 g/mol. The zero-order chi connectivity index (χ0) is 11.4. The Morgan fingerprint density at radius 2 is 2.33 bits per heavy atom. The van der Waals surface area contributed by atoms with Gasteiger partial charge in [0, 0.05) is 29.4 Å². The summed E-state index contributed by atoms with van der Waals surface area (Å²) < 4.78 is 29.8. The van der Waals surface area contributed by atoms with Gasteiger partial charge in [-0.3, -0.25) is 4.79 Å². The van der Waals surface area contributed by atoms with Gasteiger partial charge in [0.05, 0.1) is 7.11 Å². The lowest BCUT2D eigenvalue weighted by molar-refractivity contribution is 0.110. The maximum Gasteiger partial charge on any atom is 0.266 e. The first-order valence-corrected chi connectivity index (χ1v) is 4.14. The van der Waals surface area contributed by atoms with Gasteiger partial charge < -0.3 is 10.5 Å². The Labute approximate surface area is 85.1 Å².